The highest BCUT2D eigenvalue weighted by Crippen LogP contribution is 2.21. The standard InChI is InChI=1S/C17H24ClN3/c1-12(2)10-19-11-14-5-6-15(9-16(14)18)21-8-7-17(20-21)13(3)4/h5-9,12-13,19H,10-11H2,1-4H3. The molecule has 0 bridgehead atoms. The summed E-state index contributed by atoms with van der Waals surface area (Å²) in [6.45, 7) is 10.5. The zero-order valence-corrected chi connectivity index (χ0v) is 14.0. The second-order valence-electron chi connectivity index (χ2n) is 6.14. The largest absolute Gasteiger partial charge is 0.312 e. The minimum Gasteiger partial charge on any atom is -0.312 e. The molecule has 2 aromatic rings. The van der Waals surface area contributed by atoms with Gasteiger partial charge in [-0.3, -0.25) is 0 Å². The molecule has 1 aromatic heterocycles. The highest BCUT2D eigenvalue weighted by molar-refractivity contribution is 6.31. The molecule has 0 unspecified atom stereocenters. The van der Waals surface area contributed by atoms with Crippen molar-refractivity contribution < 1.29 is 0 Å². The van der Waals surface area contributed by atoms with Gasteiger partial charge >= 0.3 is 0 Å². The molecular weight excluding hydrogens is 282 g/mol. The number of nitrogens with one attached hydrogen (secondary N) is 1. The van der Waals surface area contributed by atoms with E-state index in [0.717, 1.165) is 35.1 Å². The fourth-order valence-electron chi connectivity index (χ4n) is 2.11. The molecule has 0 aliphatic rings. The van der Waals surface area contributed by atoms with E-state index in [4.69, 9.17) is 11.6 Å². The highest BCUT2D eigenvalue weighted by atomic mass is 35.5. The average Bonchev–Trinajstić information content (AvgIpc) is 2.90. The topological polar surface area (TPSA) is 29.9 Å². The zero-order chi connectivity index (χ0) is 15.4. The van der Waals surface area contributed by atoms with E-state index in [1.165, 1.54) is 0 Å². The van der Waals surface area contributed by atoms with Gasteiger partial charge in [0, 0.05) is 17.8 Å². The van der Waals surface area contributed by atoms with E-state index < -0.39 is 0 Å². The van der Waals surface area contributed by atoms with Crippen LogP contribution in [0.5, 0.6) is 0 Å². The molecule has 114 valence electrons. The fraction of sp³-hybridized carbons (Fsp3) is 0.471. The molecular formula is C17H24ClN3. The van der Waals surface area contributed by atoms with Gasteiger partial charge in [-0.2, -0.15) is 5.10 Å². The first-order chi connectivity index (χ1) is 9.97. The Morgan fingerprint density at radius 3 is 2.52 bits per heavy atom. The van der Waals surface area contributed by atoms with Crippen LogP contribution in [0, 0.1) is 5.92 Å². The van der Waals surface area contributed by atoms with Gasteiger partial charge in [0.05, 0.1) is 11.4 Å². The molecule has 0 saturated carbocycles. The molecule has 4 heteroatoms. The van der Waals surface area contributed by atoms with Crippen LogP contribution in [0.15, 0.2) is 30.5 Å². The minimum atomic E-state index is 0.432. The van der Waals surface area contributed by atoms with Crippen molar-refractivity contribution in [3.8, 4) is 5.69 Å². The van der Waals surface area contributed by atoms with Gasteiger partial charge < -0.3 is 5.32 Å². The SMILES string of the molecule is CC(C)CNCc1ccc(-n2ccc(C(C)C)n2)cc1Cl. The first-order valence-electron chi connectivity index (χ1n) is 7.52. The van der Waals surface area contributed by atoms with Crippen molar-refractivity contribution in [1.29, 1.82) is 0 Å². The normalized spacial score (nSPS) is 11.6. The summed E-state index contributed by atoms with van der Waals surface area (Å²) in [6.07, 6.45) is 1.98. The maximum atomic E-state index is 6.38. The van der Waals surface area contributed by atoms with E-state index in [1.54, 1.807) is 0 Å². The number of benzene rings is 1. The number of rotatable bonds is 6. The highest BCUT2D eigenvalue weighted by Gasteiger charge is 2.07. The predicted molar refractivity (Wildman–Crippen MR) is 89.2 cm³/mol. The van der Waals surface area contributed by atoms with Crippen molar-refractivity contribution in [1.82, 2.24) is 15.1 Å². The number of hydrogen-bond donors (Lipinski definition) is 1. The number of nitrogens with zero attached hydrogens (tertiary/aromatic N) is 2. The molecule has 21 heavy (non-hydrogen) atoms. The van der Waals surface area contributed by atoms with Crippen LogP contribution in [0.25, 0.3) is 5.69 Å². The molecule has 0 spiro atoms. The van der Waals surface area contributed by atoms with E-state index in [1.807, 2.05) is 16.9 Å². The van der Waals surface area contributed by atoms with Gasteiger partial charge in [-0.1, -0.05) is 45.4 Å². The van der Waals surface area contributed by atoms with Gasteiger partial charge in [-0.05, 0) is 42.1 Å². The maximum absolute atomic E-state index is 6.38. The number of halogens is 1. The van der Waals surface area contributed by atoms with E-state index in [0.29, 0.717) is 11.8 Å². The molecule has 1 heterocycles. The lowest BCUT2D eigenvalue weighted by molar-refractivity contribution is 0.552. The van der Waals surface area contributed by atoms with Crippen molar-refractivity contribution in [3.05, 3.63) is 46.7 Å². The molecule has 0 aliphatic carbocycles. The summed E-state index contributed by atoms with van der Waals surface area (Å²) < 4.78 is 1.88. The zero-order valence-electron chi connectivity index (χ0n) is 13.2. The van der Waals surface area contributed by atoms with Gasteiger partial charge in [0.15, 0.2) is 0 Å². The third-order valence-electron chi connectivity index (χ3n) is 3.37. The molecule has 2 rings (SSSR count). The van der Waals surface area contributed by atoms with Crippen molar-refractivity contribution in [2.24, 2.45) is 5.92 Å². The lowest BCUT2D eigenvalue weighted by Gasteiger charge is -2.10. The Morgan fingerprint density at radius 1 is 1.19 bits per heavy atom. The van der Waals surface area contributed by atoms with Crippen LogP contribution in [0.4, 0.5) is 0 Å². The van der Waals surface area contributed by atoms with Crippen molar-refractivity contribution in [3.63, 3.8) is 0 Å². The van der Waals surface area contributed by atoms with E-state index in [9.17, 15) is 0 Å². The third-order valence-corrected chi connectivity index (χ3v) is 3.72. The van der Waals surface area contributed by atoms with Crippen LogP contribution in [0.1, 0.15) is 44.9 Å². The molecule has 0 atom stereocenters. The molecule has 3 nitrogen and oxygen atoms in total. The summed E-state index contributed by atoms with van der Waals surface area (Å²) in [7, 11) is 0. The quantitative estimate of drug-likeness (QED) is 0.857. The lowest BCUT2D eigenvalue weighted by atomic mass is 10.1. The summed E-state index contributed by atoms with van der Waals surface area (Å²) in [5, 5.41) is 8.77. The first kappa shape index (κ1) is 16.1. The van der Waals surface area contributed by atoms with Crippen LogP contribution in [-0.4, -0.2) is 16.3 Å². The monoisotopic (exact) mass is 305 g/mol. The fourth-order valence-corrected chi connectivity index (χ4v) is 2.35. The van der Waals surface area contributed by atoms with Gasteiger partial charge in [-0.25, -0.2) is 4.68 Å². The molecule has 0 radical (unpaired) electrons. The second kappa shape index (κ2) is 7.10. The van der Waals surface area contributed by atoms with Gasteiger partial charge in [0.1, 0.15) is 0 Å². The Morgan fingerprint density at radius 2 is 1.95 bits per heavy atom. The van der Waals surface area contributed by atoms with Crippen LogP contribution >= 0.6 is 11.6 Å². The third kappa shape index (κ3) is 4.32. The summed E-state index contributed by atoms with van der Waals surface area (Å²) in [5.41, 5.74) is 3.21. The Balaban J connectivity index is 2.10. The molecule has 1 aromatic carbocycles. The predicted octanol–water partition coefficient (Wildman–Crippen LogP) is 4.39. The van der Waals surface area contributed by atoms with Gasteiger partial charge in [0.2, 0.25) is 0 Å². The van der Waals surface area contributed by atoms with E-state index >= 15 is 0 Å². The average molecular weight is 306 g/mol. The van der Waals surface area contributed by atoms with Crippen molar-refractivity contribution in [2.45, 2.75) is 40.2 Å². The van der Waals surface area contributed by atoms with Crippen LogP contribution < -0.4 is 5.32 Å². The minimum absolute atomic E-state index is 0.432. The summed E-state index contributed by atoms with van der Waals surface area (Å²) in [6, 6.07) is 8.17. The number of hydrogen-bond acceptors (Lipinski definition) is 2. The molecule has 1 N–H and O–H groups in total. The van der Waals surface area contributed by atoms with Crippen molar-refractivity contribution >= 4 is 11.6 Å². The van der Waals surface area contributed by atoms with Gasteiger partial charge in [0.25, 0.3) is 0 Å². The Labute approximate surface area is 132 Å². The maximum Gasteiger partial charge on any atom is 0.0660 e. The lowest BCUT2D eigenvalue weighted by Crippen LogP contribution is -2.19. The number of aromatic nitrogens is 2. The molecule has 0 aliphatic heterocycles. The second-order valence-corrected chi connectivity index (χ2v) is 6.55. The van der Waals surface area contributed by atoms with E-state index in [2.05, 4.69) is 56.3 Å². The Hall–Kier alpha value is -1.32. The summed E-state index contributed by atoms with van der Waals surface area (Å²) in [4.78, 5) is 0. The van der Waals surface area contributed by atoms with Gasteiger partial charge in [-0.15, -0.1) is 0 Å². The van der Waals surface area contributed by atoms with E-state index in [-0.39, 0.29) is 0 Å². The molecule has 0 saturated heterocycles. The summed E-state index contributed by atoms with van der Waals surface area (Å²) in [5.74, 6) is 1.07. The first-order valence-corrected chi connectivity index (χ1v) is 7.90. The Bertz CT molecular complexity index is 587. The van der Waals surface area contributed by atoms with Crippen LogP contribution in [0.2, 0.25) is 5.02 Å². The van der Waals surface area contributed by atoms with Crippen LogP contribution in [-0.2, 0) is 6.54 Å². The van der Waals surface area contributed by atoms with Crippen LogP contribution in [0.3, 0.4) is 0 Å². The molecule has 0 amide bonds. The van der Waals surface area contributed by atoms with Crippen molar-refractivity contribution in [2.75, 3.05) is 6.54 Å². The summed E-state index contributed by atoms with van der Waals surface area (Å²) >= 11 is 6.38. The smallest absolute Gasteiger partial charge is 0.0660 e. The molecule has 0 fully saturated rings. The Kier molecular flexibility index (Phi) is 5.43.